The lowest BCUT2D eigenvalue weighted by Crippen LogP contribution is -2.41. The Hall–Kier alpha value is -4.15. The predicted octanol–water partition coefficient (Wildman–Crippen LogP) is 0.645. The molecule has 16 heteroatoms. The molecule has 0 aliphatic carbocycles. The molecule has 3 aromatic heterocycles. The maximum atomic E-state index is 13.6. The van der Waals surface area contributed by atoms with Crippen molar-refractivity contribution in [2.24, 2.45) is 0 Å². The normalized spacial score (nSPS) is 21.7. The number of imidazole rings is 1. The molecule has 1 amide bonds. The monoisotopic (exact) mass is 533 g/mol. The molecule has 1 aliphatic rings. The van der Waals surface area contributed by atoms with Gasteiger partial charge in [0.1, 0.15) is 23.7 Å². The van der Waals surface area contributed by atoms with E-state index in [0.29, 0.717) is 11.3 Å². The summed E-state index contributed by atoms with van der Waals surface area (Å²) in [6.45, 7) is -0.0447. The van der Waals surface area contributed by atoms with Gasteiger partial charge in [0.2, 0.25) is 0 Å². The fraction of sp³-hybridized carbons (Fsp3) is 0.364. The summed E-state index contributed by atoms with van der Waals surface area (Å²) < 4.78 is 48.6. The molecular weight excluding hydrogens is 511 g/mol. The predicted molar refractivity (Wildman–Crippen MR) is 125 cm³/mol. The number of aliphatic hydroxyl groups excluding tert-OH is 2. The first-order valence-electron chi connectivity index (χ1n) is 11.3. The van der Waals surface area contributed by atoms with Gasteiger partial charge in [-0.25, -0.2) is 18.2 Å². The number of anilines is 1. The Morgan fingerprint density at radius 1 is 1.18 bits per heavy atom. The zero-order valence-electron chi connectivity index (χ0n) is 20.0. The maximum absolute atomic E-state index is 13.6. The van der Waals surface area contributed by atoms with Crippen molar-refractivity contribution in [1.82, 2.24) is 39.8 Å². The van der Waals surface area contributed by atoms with E-state index in [-0.39, 0.29) is 22.9 Å². The summed E-state index contributed by atoms with van der Waals surface area (Å²) in [6.07, 6.45) is -3.07. The third-order valence-corrected chi connectivity index (χ3v) is 5.83. The van der Waals surface area contributed by atoms with E-state index in [2.05, 4.69) is 35.9 Å². The van der Waals surface area contributed by atoms with E-state index in [1.165, 1.54) is 53.1 Å². The number of ether oxygens (including phenoxy) is 1. The van der Waals surface area contributed by atoms with Crippen LogP contribution in [0.4, 0.5) is 19.0 Å². The molecule has 38 heavy (non-hydrogen) atoms. The first-order chi connectivity index (χ1) is 18.1. The smallest absolute Gasteiger partial charge is 0.262 e. The van der Waals surface area contributed by atoms with Crippen LogP contribution >= 0.6 is 0 Å². The molecule has 1 unspecified atom stereocenters. The molecule has 0 bridgehead atoms. The largest absolute Gasteiger partial charge is 0.387 e. The summed E-state index contributed by atoms with van der Waals surface area (Å²) in [4.78, 5) is 25.0. The number of rotatable bonds is 7. The number of carbonyl (C=O) groups excluding carboxylic acids is 1. The molecule has 0 saturated carbocycles. The molecule has 1 aromatic carbocycles. The number of carbonyl (C=O) groups is 1. The number of hydrogen-bond acceptors (Lipinski definition) is 10. The number of aliphatic hydroxyl groups is 2. The second-order valence-electron chi connectivity index (χ2n) is 8.72. The lowest BCUT2D eigenvalue weighted by Gasteiger charge is -2.17. The van der Waals surface area contributed by atoms with Crippen LogP contribution in [0.15, 0.2) is 36.8 Å². The number of likely N-dealkylation sites (N-methyl/N-ethyl adjacent to an activating group) is 1. The summed E-state index contributed by atoms with van der Waals surface area (Å²) in [5, 5.41) is 33.9. The first-order valence-corrected chi connectivity index (χ1v) is 11.3. The standard InChI is InChI=1S/C22H22F3N9O4/c1-22(24,25)8-27-17-13-18(33(9-28-13)20-15(36)14(35)16(38-20)19(37)26-2)30-21(29-17)34-7-12(31-32-34)10-3-5-11(23)6-4-10/h3-7,9,14-16,20,35-36H,8H2,1-2H3,(H,26,37)(H,27,29,30)/t14-,15+,16-,20?/m0/s1. The molecule has 200 valence electrons. The summed E-state index contributed by atoms with van der Waals surface area (Å²) in [6, 6.07) is 5.53. The van der Waals surface area contributed by atoms with E-state index < -0.39 is 48.7 Å². The molecule has 4 aromatic rings. The molecule has 1 saturated heterocycles. The van der Waals surface area contributed by atoms with E-state index in [9.17, 15) is 28.2 Å². The van der Waals surface area contributed by atoms with Crippen molar-refractivity contribution >= 4 is 22.9 Å². The van der Waals surface area contributed by atoms with Gasteiger partial charge >= 0.3 is 0 Å². The Morgan fingerprint density at radius 3 is 2.61 bits per heavy atom. The van der Waals surface area contributed by atoms with Gasteiger partial charge < -0.3 is 25.6 Å². The summed E-state index contributed by atoms with van der Waals surface area (Å²) in [5.41, 5.74) is 1.02. The SMILES string of the molecule is CNC(=O)[C@H]1OC(n2cnc3c(NCC(C)(F)F)nc(-n4cc(-c5ccc(F)cc5)nn4)nc32)[C@H](O)[C@@H]1O. The lowest BCUT2D eigenvalue weighted by molar-refractivity contribution is -0.137. The van der Waals surface area contributed by atoms with Gasteiger partial charge in [0.25, 0.3) is 17.8 Å². The van der Waals surface area contributed by atoms with E-state index in [0.717, 1.165) is 6.92 Å². The minimum atomic E-state index is -3.08. The molecule has 1 fully saturated rings. The Bertz CT molecular complexity index is 1470. The summed E-state index contributed by atoms with van der Waals surface area (Å²) in [7, 11) is 1.35. The van der Waals surface area contributed by atoms with Gasteiger partial charge in [-0.1, -0.05) is 5.21 Å². The first kappa shape index (κ1) is 25.5. The number of amides is 1. The Kier molecular flexibility index (Phi) is 6.46. The number of fused-ring (bicyclic) bond motifs is 1. The highest BCUT2D eigenvalue weighted by atomic mass is 19.3. The molecule has 5 rings (SSSR count). The average molecular weight is 533 g/mol. The highest BCUT2D eigenvalue weighted by Crippen LogP contribution is 2.33. The van der Waals surface area contributed by atoms with Crippen LogP contribution < -0.4 is 10.6 Å². The van der Waals surface area contributed by atoms with Gasteiger partial charge in [0, 0.05) is 19.5 Å². The minimum Gasteiger partial charge on any atom is -0.387 e. The van der Waals surface area contributed by atoms with Crippen LogP contribution in [-0.2, 0) is 9.53 Å². The number of halogens is 3. The Labute approximate surface area is 212 Å². The third-order valence-electron chi connectivity index (χ3n) is 5.83. The highest BCUT2D eigenvalue weighted by molar-refractivity contribution is 5.84. The van der Waals surface area contributed by atoms with Gasteiger partial charge in [-0.3, -0.25) is 9.36 Å². The van der Waals surface area contributed by atoms with Gasteiger partial charge in [0.15, 0.2) is 29.3 Å². The van der Waals surface area contributed by atoms with Gasteiger partial charge in [-0.15, -0.1) is 5.10 Å². The van der Waals surface area contributed by atoms with Gasteiger partial charge in [-0.2, -0.15) is 14.6 Å². The number of benzene rings is 1. The van der Waals surface area contributed by atoms with Gasteiger partial charge in [-0.05, 0) is 24.3 Å². The number of aromatic nitrogens is 7. The molecule has 13 nitrogen and oxygen atoms in total. The van der Waals surface area contributed by atoms with Crippen molar-refractivity contribution in [1.29, 1.82) is 0 Å². The lowest BCUT2D eigenvalue weighted by atomic mass is 10.1. The molecule has 4 N–H and O–H groups in total. The molecule has 0 radical (unpaired) electrons. The molecular formula is C22H22F3N9O4. The average Bonchev–Trinajstić information content (AvgIpc) is 3.61. The van der Waals surface area contributed by atoms with E-state index in [1.54, 1.807) is 0 Å². The Balaban J connectivity index is 1.58. The minimum absolute atomic E-state index is 0.0320. The maximum Gasteiger partial charge on any atom is 0.262 e. The number of nitrogens with zero attached hydrogens (tertiary/aromatic N) is 7. The molecule has 0 spiro atoms. The van der Waals surface area contributed by atoms with Crippen LogP contribution in [0.2, 0.25) is 0 Å². The van der Waals surface area contributed by atoms with Crippen LogP contribution in [-0.4, -0.2) is 88.5 Å². The van der Waals surface area contributed by atoms with Crippen LogP contribution in [0.5, 0.6) is 0 Å². The fourth-order valence-corrected chi connectivity index (χ4v) is 3.92. The molecule has 1 aliphatic heterocycles. The van der Waals surface area contributed by atoms with Gasteiger partial charge in [0.05, 0.1) is 19.1 Å². The van der Waals surface area contributed by atoms with Crippen LogP contribution in [0.1, 0.15) is 13.2 Å². The third kappa shape index (κ3) is 4.75. The highest BCUT2D eigenvalue weighted by Gasteiger charge is 2.47. The van der Waals surface area contributed by atoms with Crippen molar-refractivity contribution in [3.63, 3.8) is 0 Å². The van der Waals surface area contributed by atoms with Crippen LogP contribution in [0.3, 0.4) is 0 Å². The Morgan fingerprint density at radius 2 is 1.92 bits per heavy atom. The van der Waals surface area contributed by atoms with Crippen molar-refractivity contribution in [3.05, 3.63) is 42.6 Å². The second-order valence-corrected chi connectivity index (χ2v) is 8.72. The zero-order chi connectivity index (χ0) is 27.2. The van der Waals surface area contributed by atoms with Crippen molar-refractivity contribution < 1.29 is 32.9 Å². The summed E-state index contributed by atoms with van der Waals surface area (Å²) >= 11 is 0. The van der Waals surface area contributed by atoms with Crippen molar-refractivity contribution in [2.75, 3.05) is 18.9 Å². The van der Waals surface area contributed by atoms with Crippen molar-refractivity contribution in [2.45, 2.75) is 37.4 Å². The van der Waals surface area contributed by atoms with E-state index in [1.807, 2.05) is 0 Å². The zero-order valence-corrected chi connectivity index (χ0v) is 20.0. The number of hydrogen-bond donors (Lipinski definition) is 4. The number of nitrogens with one attached hydrogen (secondary N) is 2. The van der Waals surface area contributed by atoms with E-state index >= 15 is 0 Å². The van der Waals surface area contributed by atoms with E-state index in [4.69, 9.17) is 4.74 Å². The fourth-order valence-electron chi connectivity index (χ4n) is 3.92. The molecule has 4 heterocycles. The number of alkyl halides is 2. The quantitative estimate of drug-likeness (QED) is 0.265. The van der Waals surface area contributed by atoms with Crippen LogP contribution in [0.25, 0.3) is 28.4 Å². The topological polar surface area (TPSA) is 165 Å². The second kappa shape index (κ2) is 9.62. The van der Waals surface area contributed by atoms with Crippen molar-refractivity contribution in [3.8, 4) is 17.2 Å². The van der Waals surface area contributed by atoms with Crippen LogP contribution in [0, 0.1) is 5.82 Å². The summed E-state index contributed by atoms with van der Waals surface area (Å²) in [5.74, 6) is -4.33. The molecule has 4 atom stereocenters.